The van der Waals surface area contributed by atoms with E-state index in [1.54, 1.807) is 0 Å². The van der Waals surface area contributed by atoms with E-state index in [4.69, 9.17) is 9.52 Å². The van der Waals surface area contributed by atoms with Crippen molar-refractivity contribution in [3.8, 4) is 0 Å². The van der Waals surface area contributed by atoms with Crippen molar-refractivity contribution in [2.75, 3.05) is 0 Å². The topological polar surface area (TPSA) is 76.2 Å². The second-order valence-electron chi connectivity index (χ2n) is 2.88. The van der Waals surface area contributed by atoms with Crippen molar-refractivity contribution in [2.24, 2.45) is 0 Å². The third-order valence-corrected chi connectivity index (χ3v) is 1.71. The predicted octanol–water partition coefficient (Wildman–Crippen LogP) is 0.574. The molecule has 2 rings (SSSR count). The third-order valence-electron chi connectivity index (χ3n) is 1.71. The molecular weight excluding hydrogens is 160 g/mol. The van der Waals surface area contributed by atoms with Crippen molar-refractivity contribution in [3.63, 3.8) is 0 Å². The Bertz CT molecular complexity index is 303. The Morgan fingerprint density at radius 1 is 1.58 bits per heavy atom. The number of carboxylic acid groups (broad SMARTS) is 1. The molecule has 1 aromatic heterocycles. The average Bonchev–Trinajstić information content (AvgIpc) is 2.73. The third kappa shape index (κ3) is 1.44. The van der Waals surface area contributed by atoms with E-state index in [0.717, 1.165) is 12.8 Å². The fraction of sp³-hybridized carbons (Fsp3) is 0.571. The highest BCUT2D eigenvalue weighted by molar-refractivity contribution is 5.68. The van der Waals surface area contributed by atoms with Gasteiger partial charge in [0, 0.05) is 5.92 Å². The molecule has 1 heterocycles. The second-order valence-corrected chi connectivity index (χ2v) is 2.88. The summed E-state index contributed by atoms with van der Waals surface area (Å²) in [4.78, 5) is 10.2. The molecule has 0 spiro atoms. The SMILES string of the molecule is O=C(O)Cc1nnc(C2CC2)o1. The van der Waals surface area contributed by atoms with Crippen molar-refractivity contribution in [2.45, 2.75) is 25.2 Å². The number of carbonyl (C=O) groups is 1. The molecule has 0 aromatic carbocycles. The van der Waals surface area contributed by atoms with Crippen LogP contribution in [-0.4, -0.2) is 21.3 Å². The average molecular weight is 168 g/mol. The Hall–Kier alpha value is -1.39. The van der Waals surface area contributed by atoms with Crippen LogP contribution in [0.3, 0.4) is 0 Å². The lowest BCUT2D eigenvalue weighted by atomic mass is 10.4. The number of rotatable bonds is 3. The smallest absolute Gasteiger partial charge is 0.312 e. The zero-order chi connectivity index (χ0) is 8.55. The van der Waals surface area contributed by atoms with Crippen LogP contribution >= 0.6 is 0 Å². The molecule has 0 atom stereocenters. The first-order chi connectivity index (χ1) is 5.75. The Labute approximate surface area is 68.4 Å². The van der Waals surface area contributed by atoms with Crippen LogP contribution < -0.4 is 0 Å². The van der Waals surface area contributed by atoms with Crippen LogP contribution in [0.5, 0.6) is 0 Å². The van der Waals surface area contributed by atoms with Crippen molar-refractivity contribution < 1.29 is 14.3 Å². The Kier molecular flexibility index (Phi) is 1.56. The van der Waals surface area contributed by atoms with E-state index in [-0.39, 0.29) is 12.3 Å². The highest BCUT2D eigenvalue weighted by atomic mass is 16.4. The Morgan fingerprint density at radius 2 is 2.33 bits per heavy atom. The zero-order valence-corrected chi connectivity index (χ0v) is 6.36. The Morgan fingerprint density at radius 3 is 2.92 bits per heavy atom. The van der Waals surface area contributed by atoms with E-state index in [1.807, 2.05) is 0 Å². The largest absolute Gasteiger partial charge is 0.481 e. The number of hydrogen-bond donors (Lipinski definition) is 1. The molecule has 1 aliphatic rings. The molecule has 0 bridgehead atoms. The summed E-state index contributed by atoms with van der Waals surface area (Å²) >= 11 is 0. The van der Waals surface area contributed by atoms with Crippen LogP contribution in [0.4, 0.5) is 0 Å². The van der Waals surface area contributed by atoms with Gasteiger partial charge in [-0.15, -0.1) is 10.2 Å². The standard InChI is InChI=1S/C7H8N2O3/c10-6(11)3-5-8-9-7(12-5)4-1-2-4/h4H,1-3H2,(H,10,11). The summed E-state index contributed by atoms with van der Waals surface area (Å²) in [6, 6.07) is 0. The molecular formula is C7H8N2O3. The molecule has 5 nitrogen and oxygen atoms in total. The van der Waals surface area contributed by atoms with Gasteiger partial charge in [0.25, 0.3) is 0 Å². The van der Waals surface area contributed by atoms with Gasteiger partial charge in [0.15, 0.2) is 0 Å². The first kappa shape index (κ1) is 7.27. The van der Waals surface area contributed by atoms with Gasteiger partial charge in [0.2, 0.25) is 11.8 Å². The van der Waals surface area contributed by atoms with E-state index in [1.165, 1.54) is 0 Å². The maximum absolute atomic E-state index is 10.2. The zero-order valence-electron chi connectivity index (χ0n) is 6.36. The van der Waals surface area contributed by atoms with Crippen LogP contribution in [-0.2, 0) is 11.2 Å². The van der Waals surface area contributed by atoms with Gasteiger partial charge in [-0.05, 0) is 12.8 Å². The van der Waals surface area contributed by atoms with Crippen molar-refractivity contribution >= 4 is 5.97 Å². The predicted molar refractivity (Wildman–Crippen MR) is 37.6 cm³/mol. The normalized spacial score (nSPS) is 16.3. The van der Waals surface area contributed by atoms with Crippen LogP contribution in [0, 0.1) is 0 Å². The summed E-state index contributed by atoms with van der Waals surface area (Å²) in [5.74, 6) is 0.233. The Balaban J connectivity index is 2.07. The van der Waals surface area contributed by atoms with E-state index in [0.29, 0.717) is 11.8 Å². The molecule has 5 heteroatoms. The maximum atomic E-state index is 10.2. The fourth-order valence-corrected chi connectivity index (χ4v) is 0.963. The van der Waals surface area contributed by atoms with Gasteiger partial charge >= 0.3 is 5.97 Å². The van der Waals surface area contributed by atoms with Crippen molar-refractivity contribution in [3.05, 3.63) is 11.8 Å². The molecule has 0 unspecified atom stereocenters. The molecule has 1 saturated carbocycles. The van der Waals surface area contributed by atoms with Gasteiger partial charge in [-0.3, -0.25) is 4.79 Å². The van der Waals surface area contributed by atoms with Gasteiger partial charge in [-0.1, -0.05) is 0 Å². The summed E-state index contributed by atoms with van der Waals surface area (Å²) in [6.07, 6.45) is 1.98. The van der Waals surface area contributed by atoms with Gasteiger partial charge in [-0.2, -0.15) is 0 Å². The van der Waals surface area contributed by atoms with E-state index in [2.05, 4.69) is 10.2 Å². The quantitative estimate of drug-likeness (QED) is 0.714. The molecule has 0 radical (unpaired) electrons. The molecule has 1 aliphatic carbocycles. The molecule has 12 heavy (non-hydrogen) atoms. The number of carboxylic acids is 1. The van der Waals surface area contributed by atoms with Crippen LogP contribution in [0.25, 0.3) is 0 Å². The lowest BCUT2D eigenvalue weighted by molar-refractivity contribution is -0.136. The van der Waals surface area contributed by atoms with Crippen molar-refractivity contribution in [1.29, 1.82) is 0 Å². The first-order valence-electron chi connectivity index (χ1n) is 3.80. The van der Waals surface area contributed by atoms with E-state index >= 15 is 0 Å². The van der Waals surface area contributed by atoms with Crippen LogP contribution in [0.2, 0.25) is 0 Å². The van der Waals surface area contributed by atoms with Crippen LogP contribution in [0.1, 0.15) is 30.5 Å². The first-order valence-corrected chi connectivity index (χ1v) is 3.80. The van der Waals surface area contributed by atoms with Gasteiger partial charge in [0.1, 0.15) is 6.42 Å². The number of aliphatic carboxylic acids is 1. The van der Waals surface area contributed by atoms with Gasteiger partial charge < -0.3 is 9.52 Å². The minimum absolute atomic E-state index is 0.181. The monoisotopic (exact) mass is 168 g/mol. The molecule has 1 fully saturated rings. The number of aromatic nitrogens is 2. The molecule has 0 aliphatic heterocycles. The van der Waals surface area contributed by atoms with Crippen molar-refractivity contribution in [1.82, 2.24) is 10.2 Å². The molecule has 0 amide bonds. The lowest BCUT2D eigenvalue weighted by Crippen LogP contribution is -1.99. The molecule has 0 saturated heterocycles. The molecule has 1 aromatic rings. The minimum Gasteiger partial charge on any atom is -0.481 e. The van der Waals surface area contributed by atoms with Gasteiger partial charge in [0.05, 0.1) is 0 Å². The van der Waals surface area contributed by atoms with Crippen LogP contribution in [0.15, 0.2) is 4.42 Å². The second kappa shape index (κ2) is 2.58. The maximum Gasteiger partial charge on any atom is 0.312 e. The highest BCUT2D eigenvalue weighted by Crippen LogP contribution is 2.38. The lowest BCUT2D eigenvalue weighted by Gasteiger charge is -1.85. The summed E-state index contributed by atoms with van der Waals surface area (Å²) < 4.78 is 5.12. The summed E-state index contributed by atoms with van der Waals surface area (Å²) in [6.45, 7) is 0. The minimum atomic E-state index is -0.944. The number of nitrogens with zero attached hydrogens (tertiary/aromatic N) is 2. The molecule has 1 N–H and O–H groups in total. The summed E-state index contributed by atoms with van der Waals surface area (Å²) in [5, 5.41) is 15.8. The fourth-order valence-electron chi connectivity index (χ4n) is 0.963. The summed E-state index contributed by atoms with van der Waals surface area (Å²) in [5.41, 5.74) is 0. The van der Waals surface area contributed by atoms with E-state index in [9.17, 15) is 4.79 Å². The highest BCUT2D eigenvalue weighted by Gasteiger charge is 2.29. The summed E-state index contributed by atoms with van der Waals surface area (Å²) in [7, 11) is 0. The molecule has 64 valence electrons. The van der Waals surface area contributed by atoms with E-state index < -0.39 is 5.97 Å². The van der Waals surface area contributed by atoms with Gasteiger partial charge in [-0.25, -0.2) is 0 Å². The number of hydrogen-bond acceptors (Lipinski definition) is 4.